The highest BCUT2D eigenvalue weighted by Crippen LogP contribution is 2.32. The van der Waals surface area contributed by atoms with Gasteiger partial charge in [0.15, 0.2) is 11.5 Å². The summed E-state index contributed by atoms with van der Waals surface area (Å²) in [5, 5.41) is 5.57. The van der Waals surface area contributed by atoms with Crippen molar-refractivity contribution in [1.29, 1.82) is 0 Å². The fraction of sp³-hybridized carbons (Fsp3) is 0.227. The second kappa shape index (κ2) is 8.78. The zero-order chi connectivity index (χ0) is 21.8. The molecule has 1 unspecified atom stereocenters. The first kappa shape index (κ1) is 20.3. The molecule has 3 aromatic rings. The minimum atomic E-state index is -0.485. The van der Waals surface area contributed by atoms with E-state index in [1.54, 1.807) is 37.7 Å². The summed E-state index contributed by atoms with van der Waals surface area (Å²) in [6.45, 7) is -0.0624. The van der Waals surface area contributed by atoms with E-state index in [0.717, 1.165) is 5.56 Å². The highest BCUT2D eigenvalue weighted by molar-refractivity contribution is 5.97. The van der Waals surface area contributed by atoms with E-state index in [0.29, 0.717) is 28.6 Å². The zero-order valence-electron chi connectivity index (χ0n) is 17.1. The van der Waals surface area contributed by atoms with Gasteiger partial charge in [0.2, 0.25) is 12.7 Å². The van der Waals surface area contributed by atoms with Crippen molar-refractivity contribution < 1.29 is 23.8 Å². The molecule has 1 aliphatic heterocycles. The minimum Gasteiger partial charge on any atom is -0.497 e. The number of carbonyl (C=O) groups excluding carboxylic acids is 2. The molecule has 2 heterocycles. The third kappa shape index (κ3) is 4.45. The molecule has 0 aliphatic carbocycles. The van der Waals surface area contributed by atoms with E-state index >= 15 is 0 Å². The zero-order valence-corrected chi connectivity index (χ0v) is 17.1. The molecular weight excluding hydrogens is 400 g/mol. The van der Waals surface area contributed by atoms with Crippen molar-refractivity contribution in [2.75, 3.05) is 20.4 Å². The molecule has 9 nitrogen and oxygen atoms in total. The summed E-state index contributed by atoms with van der Waals surface area (Å²) in [6, 6.07) is 11.8. The summed E-state index contributed by atoms with van der Waals surface area (Å²) < 4.78 is 17.6. The van der Waals surface area contributed by atoms with Crippen LogP contribution in [0.25, 0.3) is 0 Å². The number of fused-ring (bicyclic) bond motifs is 1. The van der Waals surface area contributed by atoms with Crippen LogP contribution in [0.3, 0.4) is 0 Å². The van der Waals surface area contributed by atoms with Crippen LogP contribution in [0.2, 0.25) is 0 Å². The summed E-state index contributed by atoms with van der Waals surface area (Å²) in [4.78, 5) is 29.5. The highest BCUT2D eigenvalue weighted by atomic mass is 16.7. The van der Waals surface area contributed by atoms with E-state index in [-0.39, 0.29) is 25.2 Å². The van der Waals surface area contributed by atoms with Gasteiger partial charge in [-0.3, -0.25) is 9.59 Å². The number of hydrogen-bond donors (Lipinski definition) is 2. The number of methoxy groups -OCH3 is 1. The SMILES string of the molecule is COc1ccc(C(NC(=O)CNC(=O)c2ccc3c(c2)OCO3)c2nccn2C)cc1. The Morgan fingerprint density at radius 3 is 2.65 bits per heavy atom. The van der Waals surface area contributed by atoms with Gasteiger partial charge in [-0.25, -0.2) is 4.98 Å². The Morgan fingerprint density at radius 1 is 1.16 bits per heavy atom. The van der Waals surface area contributed by atoms with Gasteiger partial charge >= 0.3 is 0 Å². The monoisotopic (exact) mass is 422 g/mol. The van der Waals surface area contributed by atoms with Gasteiger partial charge in [-0.1, -0.05) is 12.1 Å². The van der Waals surface area contributed by atoms with Gasteiger partial charge in [0.1, 0.15) is 17.6 Å². The first-order chi connectivity index (χ1) is 15.0. The molecule has 2 N–H and O–H groups in total. The maximum Gasteiger partial charge on any atom is 0.251 e. The van der Waals surface area contributed by atoms with Crippen molar-refractivity contribution in [1.82, 2.24) is 20.2 Å². The van der Waals surface area contributed by atoms with E-state index < -0.39 is 6.04 Å². The molecule has 0 radical (unpaired) electrons. The van der Waals surface area contributed by atoms with Crippen LogP contribution in [0.4, 0.5) is 0 Å². The number of aromatic nitrogens is 2. The van der Waals surface area contributed by atoms with Crippen molar-refractivity contribution in [3.8, 4) is 17.2 Å². The fourth-order valence-corrected chi connectivity index (χ4v) is 3.26. The largest absolute Gasteiger partial charge is 0.497 e. The van der Waals surface area contributed by atoms with E-state index in [2.05, 4.69) is 15.6 Å². The topological polar surface area (TPSA) is 104 Å². The summed E-state index contributed by atoms with van der Waals surface area (Å²) >= 11 is 0. The molecule has 1 aromatic heterocycles. The lowest BCUT2D eigenvalue weighted by molar-refractivity contribution is -0.120. The van der Waals surface area contributed by atoms with Crippen LogP contribution in [0, 0.1) is 0 Å². The van der Waals surface area contributed by atoms with E-state index in [9.17, 15) is 9.59 Å². The Morgan fingerprint density at radius 2 is 1.94 bits per heavy atom. The lowest BCUT2D eigenvalue weighted by atomic mass is 10.1. The number of carbonyl (C=O) groups is 2. The number of nitrogens with one attached hydrogen (secondary N) is 2. The number of benzene rings is 2. The molecule has 0 saturated carbocycles. The third-order valence-corrected chi connectivity index (χ3v) is 4.92. The van der Waals surface area contributed by atoms with E-state index in [1.807, 2.05) is 35.9 Å². The minimum absolute atomic E-state index is 0.128. The maximum absolute atomic E-state index is 12.6. The number of aryl methyl sites for hydroxylation is 1. The Balaban J connectivity index is 1.43. The fourth-order valence-electron chi connectivity index (χ4n) is 3.26. The maximum atomic E-state index is 12.6. The van der Waals surface area contributed by atoms with Gasteiger partial charge in [0, 0.05) is 25.0 Å². The van der Waals surface area contributed by atoms with Crippen LogP contribution in [0.1, 0.15) is 27.8 Å². The number of nitrogens with zero attached hydrogens (tertiary/aromatic N) is 2. The second-order valence-electron chi connectivity index (χ2n) is 6.92. The molecule has 31 heavy (non-hydrogen) atoms. The van der Waals surface area contributed by atoms with Crippen LogP contribution in [0.5, 0.6) is 17.2 Å². The van der Waals surface area contributed by atoms with Gasteiger partial charge in [-0.15, -0.1) is 0 Å². The number of imidazole rings is 1. The lowest BCUT2D eigenvalue weighted by Gasteiger charge is -2.19. The Bertz CT molecular complexity index is 1090. The molecule has 2 amide bonds. The van der Waals surface area contributed by atoms with Crippen molar-refractivity contribution in [3.63, 3.8) is 0 Å². The third-order valence-electron chi connectivity index (χ3n) is 4.92. The van der Waals surface area contributed by atoms with Crippen LogP contribution >= 0.6 is 0 Å². The Kier molecular flexibility index (Phi) is 5.74. The average Bonchev–Trinajstić information content (AvgIpc) is 3.44. The number of amides is 2. The van der Waals surface area contributed by atoms with Crippen LogP contribution in [0.15, 0.2) is 54.9 Å². The molecule has 0 spiro atoms. The van der Waals surface area contributed by atoms with Crippen LogP contribution < -0.4 is 24.8 Å². The standard InChI is InChI=1S/C22H22N4O5/c1-26-10-9-23-21(26)20(14-3-6-16(29-2)7-4-14)25-19(27)12-24-22(28)15-5-8-17-18(11-15)31-13-30-17/h3-11,20H,12-13H2,1-2H3,(H,24,28)(H,25,27). The first-order valence-corrected chi connectivity index (χ1v) is 9.63. The molecule has 9 heteroatoms. The highest BCUT2D eigenvalue weighted by Gasteiger charge is 2.22. The molecule has 1 aliphatic rings. The van der Waals surface area contributed by atoms with E-state index in [4.69, 9.17) is 14.2 Å². The van der Waals surface area contributed by atoms with Crippen molar-refractivity contribution in [2.24, 2.45) is 7.05 Å². The van der Waals surface area contributed by atoms with Crippen LogP contribution in [-0.4, -0.2) is 41.8 Å². The van der Waals surface area contributed by atoms with Crippen molar-refractivity contribution in [3.05, 3.63) is 71.8 Å². The van der Waals surface area contributed by atoms with Gasteiger partial charge in [-0.05, 0) is 35.9 Å². The molecule has 0 fully saturated rings. The molecular formula is C22H22N4O5. The van der Waals surface area contributed by atoms with Crippen molar-refractivity contribution in [2.45, 2.75) is 6.04 Å². The summed E-state index contributed by atoms with van der Waals surface area (Å²) in [6.07, 6.45) is 3.47. The summed E-state index contributed by atoms with van der Waals surface area (Å²) in [7, 11) is 3.45. The average molecular weight is 422 g/mol. The predicted molar refractivity (Wildman–Crippen MR) is 111 cm³/mol. The molecule has 160 valence electrons. The number of rotatable bonds is 7. The molecule has 4 rings (SSSR count). The number of ether oxygens (including phenoxy) is 3. The quantitative estimate of drug-likeness (QED) is 0.602. The molecule has 0 bridgehead atoms. The summed E-state index contributed by atoms with van der Waals surface area (Å²) in [5.41, 5.74) is 1.22. The number of hydrogen-bond acceptors (Lipinski definition) is 6. The smallest absolute Gasteiger partial charge is 0.251 e. The molecule has 1 atom stereocenters. The van der Waals surface area contributed by atoms with Gasteiger partial charge in [0.25, 0.3) is 5.91 Å². The Labute approximate surface area is 178 Å². The molecule has 2 aromatic carbocycles. The van der Waals surface area contributed by atoms with Gasteiger partial charge < -0.3 is 29.4 Å². The second-order valence-corrected chi connectivity index (χ2v) is 6.92. The lowest BCUT2D eigenvalue weighted by Crippen LogP contribution is -2.39. The normalized spacial score (nSPS) is 12.8. The summed E-state index contributed by atoms with van der Waals surface area (Å²) in [5.74, 6) is 1.74. The predicted octanol–water partition coefficient (Wildman–Crippen LogP) is 1.79. The van der Waals surface area contributed by atoms with Gasteiger partial charge in [0.05, 0.1) is 13.7 Å². The first-order valence-electron chi connectivity index (χ1n) is 9.63. The van der Waals surface area contributed by atoms with Crippen LogP contribution in [-0.2, 0) is 11.8 Å². The molecule has 0 saturated heterocycles. The Hall–Kier alpha value is -4.01. The van der Waals surface area contributed by atoms with Crippen molar-refractivity contribution >= 4 is 11.8 Å². The van der Waals surface area contributed by atoms with E-state index in [1.165, 1.54) is 0 Å². The van der Waals surface area contributed by atoms with Gasteiger partial charge in [-0.2, -0.15) is 0 Å².